The van der Waals surface area contributed by atoms with Gasteiger partial charge in [0.2, 0.25) is 0 Å². The summed E-state index contributed by atoms with van der Waals surface area (Å²) < 4.78 is -0.519. The van der Waals surface area contributed by atoms with Crippen LogP contribution in [0, 0.1) is 10.8 Å². The van der Waals surface area contributed by atoms with Crippen molar-refractivity contribution >= 4 is 15.0 Å². The molecule has 1 heterocycles. The molecule has 2 aromatic rings. The van der Waals surface area contributed by atoms with Crippen molar-refractivity contribution in [1.82, 2.24) is 0 Å². The van der Waals surface area contributed by atoms with Gasteiger partial charge in [-0.05, 0) is 0 Å². The first-order valence-corrected chi connectivity index (χ1v) is 10.6. The van der Waals surface area contributed by atoms with Crippen LogP contribution in [-0.4, -0.2) is 15.0 Å². The number of hydrogen-bond donors (Lipinski definition) is 0. The van der Waals surface area contributed by atoms with Crippen LogP contribution >= 0.6 is 0 Å². The summed E-state index contributed by atoms with van der Waals surface area (Å²) in [6, 6.07) is 21.5. The van der Waals surface area contributed by atoms with Gasteiger partial charge < -0.3 is 0 Å². The summed E-state index contributed by atoms with van der Waals surface area (Å²) in [4.78, 5) is 0. The van der Waals surface area contributed by atoms with Gasteiger partial charge in [0.05, 0.1) is 0 Å². The fraction of sp³-hybridized carbons (Fsp3) is 0.455. The fourth-order valence-electron chi connectivity index (χ4n) is 3.43. The summed E-state index contributed by atoms with van der Waals surface area (Å²) in [6.45, 7) is 13.8. The van der Waals surface area contributed by atoms with Gasteiger partial charge in [-0.25, -0.2) is 0 Å². The second-order valence-electron chi connectivity index (χ2n) is 8.82. The van der Waals surface area contributed by atoms with E-state index in [0.717, 1.165) is 0 Å². The van der Waals surface area contributed by atoms with Gasteiger partial charge in [-0.3, -0.25) is 0 Å². The minimum absolute atomic E-state index is 0.000363. The molecule has 2 nitrogen and oxygen atoms in total. The number of azo groups is 1. The van der Waals surface area contributed by atoms with Gasteiger partial charge in [-0.15, -0.1) is 0 Å². The normalized spacial score (nSPS) is 26.8. The Morgan fingerprint density at radius 3 is 1.20 bits per heavy atom. The molecule has 3 rings (SSSR count). The number of benzene rings is 2. The number of hydrogen-bond acceptors (Lipinski definition) is 2. The molecule has 3 heteroatoms. The summed E-state index contributed by atoms with van der Waals surface area (Å²) in [6.07, 6.45) is 0. The SMILES string of the molecule is CC(C)(C)[C@@]1(c2ccccc2)N=N[C@](c2ccccc2)(C(C)(C)C)[Se]1. The molecule has 2 atom stereocenters. The maximum absolute atomic E-state index is 5.06. The Labute approximate surface area is 158 Å². The second-order valence-corrected chi connectivity index (χ2v) is 11.7. The van der Waals surface area contributed by atoms with Gasteiger partial charge in [0.1, 0.15) is 0 Å². The average Bonchev–Trinajstić information content (AvgIpc) is 3.00. The van der Waals surface area contributed by atoms with Crippen LogP contribution in [0.3, 0.4) is 0 Å². The molecule has 1 aliphatic rings. The molecule has 1 aliphatic heterocycles. The Morgan fingerprint density at radius 1 is 0.600 bits per heavy atom. The van der Waals surface area contributed by atoms with E-state index in [0.29, 0.717) is 0 Å². The molecule has 132 valence electrons. The van der Waals surface area contributed by atoms with Crippen LogP contribution in [0.15, 0.2) is 70.9 Å². The van der Waals surface area contributed by atoms with Gasteiger partial charge in [0, 0.05) is 0 Å². The van der Waals surface area contributed by atoms with Crippen molar-refractivity contribution in [3.05, 3.63) is 71.8 Å². The maximum atomic E-state index is 5.06. The molecule has 0 fully saturated rings. The molecular formula is C22H28N2Se. The summed E-state index contributed by atoms with van der Waals surface area (Å²) in [7, 11) is 0. The topological polar surface area (TPSA) is 24.7 Å². The van der Waals surface area contributed by atoms with E-state index in [2.05, 4.69) is 102 Å². The summed E-state index contributed by atoms with van der Waals surface area (Å²) in [5.74, 6) is 0. The monoisotopic (exact) mass is 400 g/mol. The third kappa shape index (κ3) is 2.88. The molecule has 0 bridgehead atoms. The fourth-order valence-corrected chi connectivity index (χ4v) is 7.02. The summed E-state index contributed by atoms with van der Waals surface area (Å²) >= 11 is 0.138. The van der Waals surface area contributed by atoms with Gasteiger partial charge in [-0.1, -0.05) is 0 Å². The van der Waals surface area contributed by atoms with E-state index < -0.39 is 0 Å². The first-order valence-electron chi connectivity index (χ1n) is 8.88. The predicted octanol–water partition coefficient (Wildman–Crippen LogP) is 5.95. The minimum atomic E-state index is -0.260. The Morgan fingerprint density at radius 2 is 0.920 bits per heavy atom. The van der Waals surface area contributed by atoms with Gasteiger partial charge in [-0.2, -0.15) is 0 Å². The zero-order valence-corrected chi connectivity index (χ0v) is 17.8. The van der Waals surface area contributed by atoms with Crippen LogP contribution in [0.4, 0.5) is 0 Å². The Kier molecular flexibility index (Phi) is 4.46. The first kappa shape index (κ1) is 18.4. The van der Waals surface area contributed by atoms with E-state index in [9.17, 15) is 0 Å². The van der Waals surface area contributed by atoms with Crippen molar-refractivity contribution in [3.63, 3.8) is 0 Å². The van der Waals surface area contributed by atoms with Crippen LogP contribution in [0.1, 0.15) is 52.7 Å². The molecule has 0 unspecified atom stereocenters. The van der Waals surface area contributed by atoms with Crippen molar-refractivity contribution in [2.24, 2.45) is 21.1 Å². The van der Waals surface area contributed by atoms with E-state index in [4.69, 9.17) is 10.2 Å². The third-order valence-corrected chi connectivity index (χ3v) is 10.1. The van der Waals surface area contributed by atoms with Crippen LogP contribution in [0.2, 0.25) is 0 Å². The van der Waals surface area contributed by atoms with Crippen LogP contribution in [-0.2, 0) is 8.87 Å². The van der Waals surface area contributed by atoms with E-state index in [1.165, 1.54) is 11.1 Å². The Bertz CT molecular complexity index is 691. The van der Waals surface area contributed by atoms with E-state index >= 15 is 0 Å². The van der Waals surface area contributed by atoms with Gasteiger partial charge >= 0.3 is 158 Å². The average molecular weight is 399 g/mol. The molecule has 25 heavy (non-hydrogen) atoms. The molecule has 0 N–H and O–H groups in total. The predicted molar refractivity (Wildman–Crippen MR) is 106 cm³/mol. The van der Waals surface area contributed by atoms with Gasteiger partial charge in [0.25, 0.3) is 0 Å². The summed E-state index contributed by atoms with van der Waals surface area (Å²) in [5.41, 5.74) is 2.57. The van der Waals surface area contributed by atoms with E-state index in [1.54, 1.807) is 0 Å². The molecule has 0 spiro atoms. The quantitative estimate of drug-likeness (QED) is 0.557. The third-order valence-electron chi connectivity index (χ3n) is 4.99. The molecule has 0 saturated carbocycles. The second kappa shape index (κ2) is 6.07. The van der Waals surface area contributed by atoms with E-state index in [1.807, 2.05) is 0 Å². The Balaban J connectivity index is 2.20. The number of rotatable bonds is 2. The van der Waals surface area contributed by atoms with Crippen LogP contribution in [0.25, 0.3) is 0 Å². The summed E-state index contributed by atoms with van der Waals surface area (Å²) in [5, 5.41) is 10.1. The molecular weight excluding hydrogens is 371 g/mol. The number of nitrogens with zero attached hydrogens (tertiary/aromatic N) is 2. The van der Waals surface area contributed by atoms with Crippen LogP contribution in [0.5, 0.6) is 0 Å². The molecule has 0 aliphatic carbocycles. The molecule has 0 saturated heterocycles. The van der Waals surface area contributed by atoms with Gasteiger partial charge in [0.15, 0.2) is 0 Å². The zero-order valence-electron chi connectivity index (χ0n) is 16.1. The standard InChI is InChI=1S/C22H28N2Se/c1-19(2,3)21(17-13-9-7-10-14-17)23-24-22(25-21,20(4,5)6)18-15-11-8-12-16-18/h7-16H,1-6H3/t21-,22-/m0/s1. The van der Waals surface area contributed by atoms with E-state index in [-0.39, 0.29) is 34.7 Å². The van der Waals surface area contributed by atoms with Crippen molar-refractivity contribution < 1.29 is 0 Å². The Hall–Kier alpha value is -1.44. The molecule has 0 aromatic heterocycles. The van der Waals surface area contributed by atoms with Crippen molar-refractivity contribution in [2.75, 3.05) is 0 Å². The first-order chi connectivity index (χ1) is 11.6. The molecule has 0 radical (unpaired) electrons. The molecule has 0 amide bonds. The zero-order chi connectivity index (χ0) is 18.3. The van der Waals surface area contributed by atoms with Crippen molar-refractivity contribution in [2.45, 2.75) is 50.4 Å². The molecule has 2 aromatic carbocycles. The van der Waals surface area contributed by atoms with Crippen molar-refractivity contribution in [1.29, 1.82) is 0 Å². The van der Waals surface area contributed by atoms with Crippen LogP contribution < -0.4 is 0 Å². The van der Waals surface area contributed by atoms with Crippen molar-refractivity contribution in [3.8, 4) is 0 Å².